The van der Waals surface area contributed by atoms with Crippen LogP contribution in [0.5, 0.6) is 0 Å². The summed E-state index contributed by atoms with van der Waals surface area (Å²) in [6.45, 7) is 32.4. The molecular weight excluding hydrogens is 553 g/mol. The lowest BCUT2D eigenvalue weighted by molar-refractivity contribution is 1.49. The molecule has 0 bridgehead atoms. The molecule has 0 atom stereocenters. The van der Waals surface area contributed by atoms with Crippen LogP contribution in [0.2, 0.25) is 0 Å². The Hall–Kier alpha value is -5.12. The van der Waals surface area contributed by atoms with Crippen LogP contribution in [-0.4, -0.2) is 0 Å². The van der Waals surface area contributed by atoms with Gasteiger partial charge in [-0.1, -0.05) is 189 Å². The van der Waals surface area contributed by atoms with Crippen LogP contribution in [0, 0.1) is 19.3 Å². The Balaban J connectivity index is 0.00000107. The van der Waals surface area contributed by atoms with Crippen LogP contribution in [0.4, 0.5) is 0 Å². The minimum Gasteiger partial charge on any atom is -0.120 e. The smallest absolute Gasteiger partial charge is 0.00204 e. The number of hydrogen-bond donors (Lipinski definition) is 0. The van der Waals surface area contributed by atoms with Crippen molar-refractivity contribution in [3.05, 3.63) is 145 Å². The molecule has 236 valence electrons. The fourth-order valence-electron chi connectivity index (χ4n) is 5.33. The molecule has 0 radical (unpaired) electrons. The number of terminal acetylenes is 1. The molecule has 0 aliphatic heterocycles. The molecule has 0 heterocycles. The molecule has 0 aromatic heterocycles. The van der Waals surface area contributed by atoms with E-state index >= 15 is 0 Å². The summed E-state index contributed by atoms with van der Waals surface area (Å²) in [5.41, 5.74) is 12.5. The maximum absolute atomic E-state index is 4.60. The first-order valence-corrected chi connectivity index (χ1v) is 16.3. The standard InChI is InChI=1S/C37H30.C3H4.3C2H6/c1-6-26-16-13-17-33(30(26)7-2)37-32(9-4)31(8-3)36(35-24-25(5)18-23-34(35)37)29-21-19-28(20-22-29)27-14-11-10-12-15-27;1-3-2;3*1-2/h6-24H,1-4H2,5H3;1H,2H3;3*1-2H3. The second kappa shape index (κ2) is 20.8. The number of fused-ring (bicyclic) bond motifs is 1. The minimum atomic E-state index is 1.06. The lowest BCUT2D eigenvalue weighted by Gasteiger charge is -2.22. The van der Waals surface area contributed by atoms with Crippen molar-refractivity contribution in [2.45, 2.75) is 55.4 Å². The Labute approximate surface area is 280 Å². The van der Waals surface area contributed by atoms with Gasteiger partial charge in [0.1, 0.15) is 0 Å². The van der Waals surface area contributed by atoms with Crippen molar-refractivity contribution in [2.24, 2.45) is 0 Å². The SMILES string of the molecule is C#CC.C=Cc1cccc(-c2c(C=C)c(C=C)c(-c3ccc(-c4ccccc4)cc3)c3cc(C)ccc23)c1C=C.CC.CC.CC. The lowest BCUT2D eigenvalue weighted by atomic mass is 9.81. The highest BCUT2D eigenvalue weighted by Crippen LogP contribution is 2.45. The third kappa shape index (κ3) is 8.74. The fraction of sp³-hybridized carbons (Fsp3) is 0.174. The van der Waals surface area contributed by atoms with Gasteiger partial charge in [-0.2, -0.15) is 0 Å². The molecule has 46 heavy (non-hydrogen) atoms. The van der Waals surface area contributed by atoms with Gasteiger partial charge in [-0.3, -0.25) is 0 Å². The van der Waals surface area contributed by atoms with E-state index in [4.69, 9.17) is 0 Å². The van der Waals surface area contributed by atoms with Crippen molar-refractivity contribution in [3.63, 3.8) is 0 Å². The average Bonchev–Trinajstić information content (AvgIpc) is 3.13. The maximum atomic E-state index is 4.60. The molecule has 5 rings (SSSR count). The molecular formula is C46H52. The molecule has 0 aliphatic carbocycles. The monoisotopic (exact) mass is 604 g/mol. The second-order valence-electron chi connectivity index (χ2n) is 9.48. The highest BCUT2D eigenvalue weighted by atomic mass is 14.2. The molecule has 0 saturated carbocycles. The number of aryl methyl sites for hydroxylation is 1. The highest BCUT2D eigenvalue weighted by molar-refractivity contribution is 6.12. The zero-order valence-electron chi connectivity index (χ0n) is 29.4. The van der Waals surface area contributed by atoms with Crippen molar-refractivity contribution >= 4 is 35.1 Å². The minimum absolute atomic E-state index is 1.06. The summed E-state index contributed by atoms with van der Waals surface area (Å²) in [5, 5.41) is 2.37. The van der Waals surface area contributed by atoms with Crippen molar-refractivity contribution in [3.8, 4) is 45.7 Å². The Morgan fingerprint density at radius 3 is 1.54 bits per heavy atom. The van der Waals surface area contributed by atoms with Crippen LogP contribution >= 0.6 is 0 Å². The van der Waals surface area contributed by atoms with Gasteiger partial charge in [0.25, 0.3) is 0 Å². The van der Waals surface area contributed by atoms with E-state index in [-0.39, 0.29) is 0 Å². The molecule has 0 N–H and O–H groups in total. The molecule has 0 spiro atoms. The normalized spacial score (nSPS) is 9.20. The molecule has 0 unspecified atom stereocenters. The summed E-state index contributed by atoms with van der Waals surface area (Å²) in [4.78, 5) is 0. The van der Waals surface area contributed by atoms with Crippen LogP contribution in [0.15, 0.2) is 117 Å². The van der Waals surface area contributed by atoms with Gasteiger partial charge in [-0.05, 0) is 80.3 Å². The highest BCUT2D eigenvalue weighted by Gasteiger charge is 2.20. The van der Waals surface area contributed by atoms with E-state index < -0.39 is 0 Å². The summed E-state index contributed by atoms with van der Waals surface area (Å²) < 4.78 is 0. The van der Waals surface area contributed by atoms with Crippen LogP contribution in [-0.2, 0) is 0 Å². The Morgan fingerprint density at radius 1 is 0.522 bits per heavy atom. The first kappa shape index (κ1) is 38.9. The van der Waals surface area contributed by atoms with Crippen LogP contribution in [0.1, 0.15) is 76.3 Å². The Morgan fingerprint density at radius 2 is 1.02 bits per heavy atom. The maximum Gasteiger partial charge on any atom is -0.00204 e. The van der Waals surface area contributed by atoms with E-state index in [0.717, 1.165) is 38.9 Å². The third-order valence-electron chi connectivity index (χ3n) is 7.06. The molecule has 5 aromatic rings. The van der Waals surface area contributed by atoms with E-state index in [2.05, 4.69) is 131 Å². The van der Waals surface area contributed by atoms with Crippen molar-refractivity contribution < 1.29 is 0 Å². The molecule has 0 amide bonds. The molecule has 0 heteroatoms. The number of benzene rings is 5. The van der Waals surface area contributed by atoms with Crippen LogP contribution in [0.3, 0.4) is 0 Å². The Kier molecular flexibility index (Phi) is 17.6. The lowest BCUT2D eigenvalue weighted by Crippen LogP contribution is -1.98. The third-order valence-corrected chi connectivity index (χ3v) is 7.06. The average molecular weight is 605 g/mol. The van der Waals surface area contributed by atoms with Gasteiger partial charge < -0.3 is 0 Å². The largest absolute Gasteiger partial charge is 0.120 e. The summed E-state index contributed by atoms with van der Waals surface area (Å²) in [7, 11) is 0. The first-order valence-electron chi connectivity index (χ1n) is 16.3. The summed E-state index contributed by atoms with van der Waals surface area (Å²) in [5.74, 6) is 2.25. The van der Waals surface area contributed by atoms with Gasteiger partial charge in [-0.15, -0.1) is 12.3 Å². The fourth-order valence-corrected chi connectivity index (χ4v) is 5.33. The summed E-state index contributed by atoms with van der Waals surface area (Å²) in [6, 6.07) is 32.3. The molecule has 0 aliphatic rings. The molecule has 0 fully saturated rings. The quantitative estimate of drug-likeness (QED) is 0.162. The van der Waals surface area contributed by atoms with Gasteiger partial charge in [0.05, 0.1) is 0 Å². The van der Waals surface area contributed by atoms with Gasteiger partial charge in [-0.25, -0.2) is 0 Å². The van der Waals surface area contributed by atoms with Crippen LogP contribution in [0.25, 0.3) is 68.5 Å². The molecule has 5 aromatic carbocycles. The van der Waals surface area contributed by atoms with Crippen molar-refractivity contribution in [2.75, 3.05) is 0 Å². The van der Waals surface area contributed by atoms with E-state index in [1.54, 1.807) is 6.92 Å². The van der Waals surface area contributed by atoms with E-state index in [1.807, 2.05) is 71.9 Å². The zero-order chi connectivity index (χ0) is 34.6. The first-order chi connectivity index (χ1) is 22.5. The van der Waals surface area contributed by atoms with E-state index in [0.29, 0.717) is 0 Å². The second-order valence-corrected chi connectivity index (χ2v) is 9.48. The van der Waals surface area contributed by atoms with Crippen LogP contribution < -0.4 is 0 Å². The van der Waals surface area contributed by atoms with E-state index in [9.17, 15) is 0 Å². The summed E-state index contributed by atoms with van der Waals surface area (Å²) >= 11 is 0. The van der Waals surface area contributed by atoms with E-state index in [1.165, 1.54) is 33.0 Å². The summed E-state index contributed by atoms with van der Waals surface area (Å²) in [6.07, 6.45) is 12.3. The van der Waals surface area contributed by atoms with Crippen molar-refractivity contribution in [1.29, 1.82) is 0 Å². The van der Waals surface area contributed by atoms with Gasteiger partial charge in [0.2, 0.25) is 0 Å². The van der Waals surface area contributed by atoms with Gasteiger partial charge in [0, 0.05) is 0 Å². The molecule has 0 nitrogen and oxygen atoms in total. The van der Waals surface area contributed by atoms with Crippen molar-refractivity contribution in [1.82, 2.24) is 0 Å². The van der Waals surface area contributed by atoms with Gasteiger partial charge >= 0.3 is 0 Å². The number of rotatable bonds is 7. The Bertz CT molecular complexity index is 1750. The van der Waals surface area contributed by atoms with Gasteiger partial charge in [0.15, 0.2) is 0 Å². The zero-order valence-corrected chi connectivity index (χ0v) is 29.4. The predicted molar refractivity (Wildman–Crippen MR) is 214 cm³/mol. The number of hydrogen-bond acceptors (Lipinski definition) is 0. The molecule has 0 saturated heterocycles. The predicted octanol–water partition coefficient (Wildman–Crippen LogP) is 14.4. The topological polar surface area (TPSA) is 0 Å².